The molecule has 0 fully saturated rings. The molecule has 0 saturated heterocycles. The van der Waals surface area contributed by atoms with Gasteiger partial charge in [-0.15, -0.1) is 0 Å². The van der Waals surface area contributed by atoms with Crippen molar-refractivity contribution in [2.75, 3.05) is 12.4 Å². The Morgan fingerprint density at radius 1 is 1.22 bits per heavy atom. The Labute approximate surface area is 106 Å². The highest BCUT2D eigenvalue weighted by Crippen LogP contribution is 2.16. The van der Waals surface area contributed by atoms with Crippen LogP contribution in [0.15, 0.2) is 42.6 Å². The lowest BCUT2D eigenvalue weighted by Crippen LogP contribution is -2.20. The number of anilines is 1. The molecule has 94 valence electrons. The van der Waals surface area contributed by atoms with Gasteiger partial charge in [0.1, 0.15) is 0 Å². The van der Waals surface area contributed by atoms with Gasteiger partial charge in [0.2, 0.25) is 5.91 Å². The molecule has 0 aliphatic heterocycles. The van der Waals surface area contributed by atoms with E-state index >= 15 is 0 Å². The van der Waals surface area contributed by atoms with Crippen molar-refractivity contribution in [3.05, 3.63) is 53.9 Å². The van der Waals surface area contributed by atoms with Crippen molar-refractivity contribution in [3.63, 3.8) is 0 Å². The molecular weight excluding hydrogens is 226 g/mol. The minimum atomic E-state index is 0.0177. The zero-order chi connectivity index (χ0) is 12.8. The molecule has 0 radical (unpaired) electrons. The van der Waals surface area contributed by atoms with E-state index in [4.69, 9.17) is 0 Å². The molecule has 0 unspecified atom stereocenters. The fourth-order valence-corrected chi connectivity index (χ4v) is 1.78. The van der Waals surface area contributed by atoms with Crippen LogP contribution in [0.2, 0.25) is 0 Å². The molecule has 3 N–H and O–H groups in total. The van der Waals surface area contributed by atoms with E-state index in [0.29, 0.717) is 6.42 Å². The molecule has 18 heavy (non-hydrogen) atoms. The number of para-hydroxylation sites is 1. The third kappa shape index (κ3) is 3.13. The summed E-state index contributed by atoms with van der Waals surface area (Å²) < 4.78 is 0. The summed E-state index contributed by atoms with van der Waals surface area (Å²) in [5.74, 6) is 0.0177. The standard InChI is InChI=1S/C14H17N3O/c1-15-14(18)9-11-5-2-3-7-13(11)17-10-12-6-4-8-16-12/h2-8,16-17H,9-10H2,1H3,(H,15,18). The summed E-state index contributed by atoms with van der Waals surface area (Å²) in [6.45, 7) is 0.720. The monoisotopic (exact) mass is 243 g/mol. The first-order valence-electron chi connectivity index (χ1n) is 5.94. The van der Waals surface area contributed by atoms with Gasteiger partial charge in [0.15, 0.2) is 0 Å². The van der Waals surface area contributed by atoms with Crippen LogP contribution >= 0.6 is 0 Å². The van der Waals surface area contributed by atoms with Gasteiger partial charge in [0.05, 0.1) is 13.0 Å². The van der Waals surface area contributed by atoms with Crippen molar-refractivity contribution in [1.82, 2.24) is 10.3 Å². The normalized spacial score (nSPS) is 10.1. The van der Waals surface area contributed by atoms with E-state index in [2.05, 4.69) is 15.6 Å². The molecule has 0 aliphatic carbocycles. The third-order valence-corrected chi connectivity index (χ3v) is 2.78. The van der Waals surface area contributed by atoms with Gasteiger partial charge in [-0.2, -0.15) is 0 Å². The van der Waals surface area contributed by atoms with Gasteiger partial charge in [0.25, 0.3) is 0 Å². The van der Waals surface area contributed by atoms with Crippen LogP contribution in [0, 0.1) is 0 Å². The molecule has 0 aliphatic rings. The summed E-state index contributed by atoms with van der Waals surface area (Å²) >= 11 is 0. The highest BCUT2D eigenvalue weighted by molar-refractivity contribution is 5.80. The van der Waals surface area contributed by atoms with E-state index < -0.39 is 0 Å². The van der Waals surface area contributed by atoms with Crippen molar-refractivity contribution in [2.45, 2.75) is 13.0 Å². The number of H-pyrrole nitrogens is 1. The number of hydrogen-bond donors (Lipinski definition) is 3. The number of rotatable bonds is 5. The van der Waals surface area contributed by atoms with Crippen LogP contribution in [0.25, 0.3) is 0 Å². The molecule has 1 amide bonds. The summed E-state index contributed by atoms with van der Waals surface area (Å²) in [6.07, 6.45) is 2.29. The van der Waals surface area contributed by atoms with Crippen molar-refractivity contribution in [3.8, 4) is 0 Å². The maximum Gasteiger partial charge on any atom is 0.224 e. The van der Waals surface area contributed by atoms with Crippen LogP contribution < -0.4 is 10.6 Å². The molecule has 2 aromatic rings. The average molecular weight is 243 g/mol. The Hall–Kier alpha value is -2.23. The Morgan fingerprint density at radius 3 is 2.78 bits per heavy atom. The minimum absolute atomic E-state index is 0.0177. The van der Waals surface area contributed by atoms with E-state index in [1.165, 1.54) is 0 Å². The van der Waals surface area contributed by atoms with Crippen LogP contribution in [-0.2, 0) is 17.8 Å². The zero-order valence-electron chi connectivity index (χ0n) is 10.4. The summed E-state index contributed by atoms with van der Waals surface area (Å²) in [7, 11) is 1.65. The van der Waals surface area contributed by atoms with Crippen molar-refractivity contribution < 1.29 is 4.79 Å². The Balaban J connectivity index is 2.05. The van der Waals surface area contributed by atoms with Crippen LogP contribution in [0.3, 0.4) is 0 Å². The first-order chi connectivity index (χ1) is 8.79. The fraction of sp³-hybridized carbons (Fsp3) is 0.214. The number of benzene rings is 1. The number of amides is 1. The molecular formula is C14H17N3O. The maximum absolute atomic E-state index is 11.4. The topological polar surface area (TPSA) is 56.9 Å². The Morgan fingerprint density at radius 2 is 2.06 bits per heavy atom. The molecule has 4 heteroatoms. The van der Waals surface area contributed by atoms with E-state index in [1.54, 1.807) is 7.05 Å². The number of likely N-dealkylation sites (N-methyl/N-ethyl adjacent to an activating group) is 1. The smallest absolute Gasteiger partial charge is 0.224 e. The second-order valence-electron chi connectivity index (χ2n) is 4.06. The molecule has 0 bridgehead atoms. The quantitative estimate of drug-likeness (QED) is 0.751. The van der Waals surface area contributed by atoms with Gasteiger partial charge in [-0.1, -0.05) is 18.2 Å². The molecule has 0 spiro atoms. The van der Waals surface area contributed by atoms with Crippen LogP contribution in [0.1, 0.15) is 11.3 Å². The minimum Gasteiger partial charge on any atom is -0.379 e. The van der Waals surface area contributed by atoms with E-state index in [0.717, 1.165) is 23.5 Å². The van der Waals surface area contributed by atoms with Crippen molar-refractivity contribution in [1.29, 1.82) is 0 Å². The lowest BCUT2D eigenvalue weighted by Gasteiger charge is -2.10. The Kier molecular flexibility index (Phi) is 4.02. The van der Waals surface area contributed by atoms with Crippen molar-refractivity contribution >= 4 is 11.6 Å². The second-order valence-corrected chi connectivity index (χ2v) is 4.06. The lowest BCUT2D eigenvalue weighted by molar-refractivity contribution is -0.119. The van der Waals surface area contributed by atoms with Gasteiger partial charge in [-0.25, -0.2) is 0 Å². The maximum atomic E-state index is 11.4. The van der Waals surface area contributed by atoms with Crippen LogP contribution in [-0.4, -0.2) is 17.9 Å². The largest absolute Gasteiger partial charge is 0.379 e. The lowest BCUT2D eigenvalue weighted by atomic mass is 10.1. The van der Waals surface area contributed by atoms with Crippen molar-refractivity contribution in [2.24, 2.45) is 0 Å². The second kappa shape index (κ2) is 5.91. The SMILES string of the molecule is CNC(=O)Cc1ccccc1NCc1ccc[nH]1. The Bertz CT molecular complexity index is 506. The molecule has 1 aromatic carbocycles. The first kappa shape index (κ1) is 12.2. The molecule has 2 rings (SSSR count). The molecule has 0 saturated carbocycles. The zero-order valence-corrected chi connectivity index (χ0v) is 10.4. The molecule has 4 nitrogen and oxygen atoms in total. The molecule has 0 atom stereocenters. The number of aromatic amines is 1. The summed E-state index contributed by atoms with van der Waals surface area (Å²) in [5.41, 5.74) is 3.11. The third-order valence-electron chi connectivity index (χ3n) is 2.78. The van der Waals surface area contributed by atoms with E-state index in [-0.39, 0.29) is 5.91 Å². The van der Waals surface area contributed by atoms with Gasteiger partial charge < -0.3 is 15.6 Å². The summed E-state index contributed by atoms with van der Waals surface area (Å²) in [6, 6.07) is 11.8. The molecule has 1 aromatic heterocycles. The number of carbonyl (C=O) groups is 1. The number of nitrogens with one attached hydrogen (secondary N) is 3. The number of carbonyl (C=O) groups excluding carboxylic acids is 1. The van der Waals surface area contributed by atoms with Crippen LogP contribution in [0.4, 0.5) is 5.69 Å². The number of aromatic nitrogens is 1. The van der Waals surface area contributed by atoms with Gasteiger partial charge in [-0.3, -0.25) is 4.79 Å². The summed E-state index contributed by atoms with van der Waals surface area (Å²) in [5, 5.41) is 5.97. The van der Waals surface area contributed by atoms with Crippen LogP contribution in [0.5, 0.6) is 0 Å². The molecule has 1 heterocycles. The average Bonchev–Trinajstić information content (AvgIpc) is 2.91. The summed E-state index contributed by atoms with van der Waals surface area (Å²) in [4.78, 5) is 14.6. The van der Waals surface area contributed by atoms with E-state index in [1.807, 2.05) is 42.6 Å². The van der Waals surface area contributed by atoms with Gasteiger partial charge in [0, 0.05) is 24.6 Å². The first-order valence-corrected chi connectivity index (χ1v) is 5.94. The number of hydrogen-bond acceptors (Lipinski definition) is 2. The van der Waals surface area contributed by atoms with Gasteiger partial charge in [-0.05, 0) is 23.8 Å². The predicted octanol–water partition coefficient (Wildman–Crippen LogP) is 1.92. The predicted molar refractivity (Wildman–Crippen MR) is 72.3 cm³/mol. The highest BCUT2D eigenvalue weighted by atomic mass is 16.1. The fourth-order valence-electron chi connectivity index (χ4n) is 1.78. The van der Waals surface area contributed by atoms with E-state index in [9.17, 15) is 4.79 Å². The highest BCUT2D eigenvalue weighted by Gasteiger charge is 2.06. The van der Waals surface area contributed by atoms with Gasteiger partial charge >= 0.3 is 0 Å².